The number of amides is 1. The Kier molecular flexibility index (Phi) is 7.55. The molecular weight excluding hydrogens is 410 g/mol. The van der Waals surface area contributed by atoms with Crippen molar-refractivity contribution in [1.82, 2.24) is 15.3 Å². The molecule has 4 rings (SSSR count). The van der Waals surface area contributed by atoms with Gasteiger partial charge in [-0.3, -0.25) is 4.79 Å². The highest BCUT2D eigenvalue weighted by molar-refractivity contribution is 5.79. The highest BCUT2D eigenvalue weighted by atomic mass is 16.1. The van der Waals surface area contributed by atoms with Crippen LogP contribution in [0.5, 0.6) is 0 Å². The smallest absolute Gasteiger partial charge is 0.223 e. The first-order chi connectivity index (χ1) is 16.2. The van der Waals surface area contributed by atoms with E-state index in [1.807, 2.05) is 24.3 Å². The highest BCUT2D eigenvalue weighted by Crippen LogP contribution is 2.25. The maximum Gasteiger partial charge on any atom is 0.223 e. The number of anilines is 2. The third-order valence-electron chi connectivity index (χ3n) is 6.44. The summed E-state index contributed by atoms with van der Waals surface area (Å²) in [4.78, 5) is 26.2. The van der Waals surface area contributed by atoms with Gasteiger partial charge in [-0.1, -0.05) is 42.5 Å². The van der Waals surface area contributed by atoms with Crippen molar-refractivity contribution in [1.29, 1.82) is 0 Å². The van der Waals surface area contributed by atoms with Crippen molar-refractivity contribution in [2.75, 3.05) is 36.0 Å². The van der Waals surface area contributed by atoms with Gasteiger partial charge >= 0.3 is 0 Å². The standard InChI is InChI=1S/C27H33N5O/c1-3-31(4-2)24-12-10-21(11-13-24)19-28-27(33)23-14-16-32(17-15-23)26-18-25(29-20-30-26)22-8-6-5-7-9-22/h5-13,18,20,23H,3-4,14-17,19H2,1-2H3,(H,28,33). The fraction of sp³-hybridized carbons (Fsp3) is 0.370. The normalized spacial score (nSPS) is 14.2. The van der Waals surface area contributed by atoms with Gasteiger partial charge in [0.25, 0.3) is 0 Å². The summed E-state index contributed by atoms with van der Waals surface area (Å²) in [6, 6.07) is 20.7. The van der Waals surface area contributed by atoms with Crippen LogP contribution in [0.2, 0.25) is 0 Å². The molecule has 0 bridgehead atoms. The number of hydrogen-bond donors (Lipinski definition) is 1. The van der Waals surface area contributed by atoms with Crippen LogP contribution in [-0.2, 0) is 11.3 Å². The second-order valence-corrected chi connectivity index (χ2v) is 8.45. The number of carbonyl (C=O) groups is 1. The molecule has 6 nitrogen and oxygen atoms in total. The highest BCUT2D eigenvalue weighted by Gasteiger charge is 2.25. The van der Waals surface area contributed by atoms with Gasteiger partial charge in [0.2, 0.25) is 5.91 Å². The van der Waals surface area contributed by atoms with Crippen LogP contribution in [0.25, 0.3) is 11.3 Å². The number of benzene rings is 2. The fourth-order valence-electron chi connectivity index (χ4n) is 4.40. The van der Waals surface area contributed by atoms with Gasteiger partial charge in [-0.2, -0.15) is 0 Å². The number of nitrogens with one attached hydrogen (secondary N) is 1. The minimum atomic E-state index is 0.0478. The van der Waals surface area contributed by atoms with Gasteiger partial charge in [-0.15, -0.1) is 0 Å². The van der Waals surface area contributed by atoms with E-state index in [9.17, 15) is 4.79 Å². The molecule has 172 valence electrons. The van der Waals surface area contributed by atoms with Gasteiger partial charge in [-0.05, 0) is 44.4 Å². The molecule has 0 atom stereocenters. The Labute approximate surface area is 196 Å². The van der Waals surface area contributed by atoms with Crippen molar-refractivity contribution in [3.05, 3.63) is 72.6 Å². The van der Waals surface area contributed by atoms with Crippen molar-refractivity contribution in [3.63, 3.8) is 0 Å². The van der Waals surface area contributed by atoms with Crippen molar-refractivity contribution in [2.24, 2.45) is 5.92 Å². The van der Waals surface area contributed by atoms with E-state index in [2.05, 4.69) is 75.3 Å². The summed E-state index contributed by atoms with van der Waals surface area (Å²) in [5.41, 5.74) is 4.36. The zero-order valence-electron chi connectivity index (χ0n) is 19.6. The first-order valence-corrected chi connectivity index (χ1v) is 11.9. The lowest BCUT2D eigenvalue weighted by Crippen LogP contribution is -2.40. The Bertz CT molecular complexity index is 1030. The van der Waals surface area contributed by atoms with Crippen molar-refractivity contribution in [2.45, 2.75) is 33.2 Å². The minimum Gasteiger partial charge on any atom is -0.372 e. The summed E-state index contributed by atoms with van der Waals surface area (Å²) in [5.74, 6) is 1.12. The molecule has 1 fully saturated rings. The molecule has 6 heteroatoms. The van der Waals surface area contributed by atoms with E-state index in [1.54, 1.807) is 6.33 Å². The molecular formula is C27H33N5O. The molecule has 3 aromatic rings. The Hall–Kier alpha value is -3.41. The molecule has 1 saturated heterocycles. The van der Waals surface area contributed by atoms with E-state index in [0.717, 1.165) is 61.7 Å². The van der Waals surface area contributed by atoms with E-state index in [-0.39, 0.29) is 11.8 Å². The summed E-state index contributed by atoms with van der Waals surface area (Å²) < 4.78 is 0. The molecule has 33 heavy (non-hydrogen) atoms. The molecule has 0 aliphatic carbocycles. The SMILES string of the molecule is CCN(CC)c1ccc(CNC(=O)C2CCN(c3cc(-c4ccccc4)ncn3)CC2)cc1. The molecule has 1 aliphatic heterocycles. The Balaban J connectivity index is 1.28. The third-order valence-corrected chi connectivity index (χ3v) is 6.44. The predicted molar refractivity (Wildman–Crippen MR) is 134 cm³/mol. The number of aromatic nitrogens is 2. The van der Waals surface area contributed by atoms with E-state index in [1.165, 1.54) is 5.69 Å². The van der Waals surface area contributed by atoms with Crippen LogP contribution in [0.3, 0.4) is 0 Å². The molecule has 2 aromatic carbocycles. The second kappa shape index (κ2) is 10.9. The molecule has 0 spiro atoms. The molecule has 1 N–H and O–H groups in total. The molecule has 0 unspecified atom stereocenters. The summed E-state index contributed by atoms with van der Waals surface area (Å²) in [6.07, 6.45) is 3.29. The largest absolute Gasteiger partial charge is 0.372 e. The zero-order valence-corrected chi connectivity index (χ0v) is 19.6. The Morgan fingerprint density at radius 3 is 2.36 bits per heavy atom. The van der Waals surface area contributed by atoms with Gasteiger partial charge in [0.1, 0.15) is 12.1 Å². The third kappa shape index (κ3) is 5.69. The molecule has 2 heterocycles. The lowest BCUT2D eigenvalue weighted by atomic mass is 9.95. The average molecular weight is 444 g/mol. The van der Waals surface area contributed by atoms with E-state index in [4.69, 9.17) is 0 Å². The van der Waals surface area contributed by atoms with Gasteiger partial charge in [0.15, 0.2) is 0 Å². The maximum atomic E-state index is 12.8. The number of piperidine rings is 1. The van der Waals surface area contributed by atoms with Crippen LogP contribution < -0.4 is 15.1 Å². The van der Waals surface area contributed by atoms with Crippen LogP contribution in [0.15, 0.2) is 67.0 Å². The second-order valence-electron chi connectivity index (χ2n) is 8.45. The van der Waals surface area contributed by atoms with Crippen LogP contribution >= 0.6 is 0 Å². The topological polar surface area (TPSA) is 61.4 Å². The van der Waals surface area contributed by atoms with Crippen LogP contribution in [0, 0.1) is 5.92 Å². The summed E-state index contributed by atoms with van der Waals surface area (Å²) >= 11 is 0. The van der Waals surface area contributed by atoms with E-state index >= 15 is 0 Å². The fourth-order valence-corrected chi connectivity index (χ4v) is 4.40. The van der Waals surface area contributed by atoms with Crippen LogP contribution in [-0.4, -0.2) is 42.1 Å². The molecule has 1 aromatic heterocycles. The van der Waals surface area contributed by atoms with Crippen molar-refractivity contribution >= 4 is 17.4 Å². The Morgan fingerprint density at radius 2 is 1.70 bits per heavy atom. The summed E-state index contributed by atoms with van der Waals surface area (Å²) in [6.45, 7) is 8.53. The molecule has 0 saturated carbocycles. The van der Waals surface area contributed by atoms with E-state index in [0.29, 0.717) is 6.54 Å². The first-order valence-electron chi connectivity index (χ1n) is 11.9. The van der Waals surface area contributed by atoms with Gasteiger partial charge in [0, 0.05) is 56.0 Å². The van der Waals surface area contributed by atoms with Crippen LogP contribution in [0.4, 0.5) is 11.5 Å². The lowest BCUT2D eigenvalue weighted by molar-refractivity contribution is -0.125. The quantitative estimate of drug-likeness (QED) is 0.555. The number of nitrogens with zero attached hydrogens (tertiary/aromatic N) is 4. The summed E-state index contributed by atoms with van der Waals surface area (Å²) in [5, 5.41) is 3.13. The molecule has 1 amide bonds. The van der Waals surface area contributed by atoms with E-state index < -0.39 is 0 Å². The average Bonchev–Trinajstić information content (AvgIpc) is 2.89. The van der Waals surface area contributed by atoms with Gasteiger partial charge < -0.3 is 15.1 Å². The monoisotopic (exact) mass is 443 g/mol. The van der Waals surface area contributed by atoms with Crippen molar-refractivity contribution < 1.29 is 4.79 Å². The van der Waals surface area contributed by atoms with Gasteiger partial charge in [0.05, 0.1) is 5.69 Å². The molecule has 1 aliphatic rings. The number of hydrogen-bond acceptors (Lipinski definition) is 5. The number of carbonyl (C=O) groups excluding carboxylic acids is 1. The van der Waals surface area contributed by atoms with Gasteiger partial charge in [-0.25, -0.2) is 9.97 Å². The zero-order chi connectivity index (χ0) is 23.0. The maximum absolute atomic E-state index is 12.8. The summed E-state index contributed by atoms with van der Waals surface area (Å²) in [7, 11) is 0. The van der Waals surface area contributed by atoms with Crippen LogP contribution in [0.1, 0.15) is 32.3 Å². The minimum absolute atomic E-state index is 0.0478. The lowest BCUT2D eigenvalue weighted by Gasteiger charge is -2.32. The first kappa shape index (κ1) is 22.8. The predicted octanol–water partition coefficient (Wildman–Crippen LogP) is 4.52. The number of rotatable bonds is 8. The molecule has 0 radical (unpaired) electrons. The Morgan fingerprint density at radius 1 is 1.00 bits per heavy atom. The van der Waals surface area contributed by atoms with Crippen molar-refractivity contribution in [3.8, 4) is 11.3 Å².